The standard InChI is InChI=1S/C16H18BrNO2S/c1-10-5-6-15(14(17)9-10)21(19,20)18-16-12(3)7-11(2)8-13(16)4/h5-9,18H,1-4H3. The van der Waals surface area contributed by atoms with Gasteiger partial charge in [-0.3, -0.25) is 4.72 Å². The van der Waals surface area contributed by atoms with Crippen LogP contribution in [0.2, 0.25) is 0 Å². The lowest BCUT2D eigenvalue weighted by Crippen LogP contribution is -2.15. The van der Waals surface area contributed by atoms with Crippen molar-refractivity contribution in [3.05, 3.63) is 57.1 Å². The van der Waals surface area contributed by atoms with Gasteiger partial charge in [0.05, 0.1) is 5.69 Å². The summed E-state index contributed by atoms with van der Waals surface area (Å²) in [5.74, 6) is 0. The average Bonchev–Trinajstić information content (AvgIpc) is 2.33. The number of halogens is 1. The summed E-state index contributed by atoms with van der Waals surface area (Å²) in [6.07, 6.45) is 0. The van der Waals surface area contributed by atoms with Crippen LogP contribution in [0.25, 0.3) is 0 Å². The van der Waals surface area contributed by atoms with E-state index < -0.39 is 10.0 Å². The lowest BCUT2D eigenvalue weighted by molar-refractivity contribution is 0.600. The molecule has 0 unspecified atom stereocenters. The summed E-state index contributed by atoms with van der Waals surface area (Å²) >= 11 is 3.33. The number of hydrogen-bond acceptors (Lipinski definition) is 2. The molecule has 0 amide bonds. The molecule has 2 aromatic carbocycles. The number of hydrogen-bond donors (Lipinski definition) is 1. The molecule has 0 saturated heterocycles. The lowest BCUT2D eigenvalue weighted by atomic mass is 10.1. The molecule has 0 saturated carbocycles. The molecule has 0 heterocycles. The third kappa shape index (κ3) is 3.47. The number of anilines is 1. The number of sulfonamides is 1. The van der Waals surface area contributed by atoms with Crippen LogP contribution in [0.15, 0.2) is 39.7 Å². The van der Waals surface area contributed by atoms with E-state index >= 15 is 0 Å². The summed E-state index contributed by atoms with van der Waals surface area (Å²) in [5.41, 5.74) is 4.60. The normalized spacial score (nSPS) is 11.5. The van der Waals surface area contributed by atoms with Gasteiger partial charge in [-0.25, -0.2) is 8.42 Å². The van der Waals surface area contributed by atoms with Crippen LogP contribution in [0.3, 0.4) is 0 Å². The third-order valence-corrected chi connectivity index (χ3v) is 5.62. The molecule has 1 N–H and O–H groups in total. The Hall–Kier alpha value is -1.33. The molecule has 0 spiro atoms. The van der Waals surface area contributed by atoms with Crippen molar-refractivity contribution in [2.45, 2.75) is 32.6 Å². The molecule has 2 rings (SSSR count). The highest BCUT2D eigenvalue weighted by Crippen LogP contribution is 2.28. The molecule has 21 heavy (non-hydrogen) atoms. The van der Waals surface area contributed by atoms with Crippen molar-refractivity contribution in [3.8, 4) is 0 Å². The zero-order chi connectivity index (χ0) is 15.8. The van der Waals surface area contributed by atoms with Crippen molar-refractivity contribution in [1.29, 1.82) is 0 Å². The fraction of sp³-hybridized carbons (Fsp3) is 0.250. The summed E-state index contributed by atoms with van der Waals surface area (Å²) in [5, 5.41) is 0. The van der Waals surface area contributed by atoms with Gasteiger partial charge in [0.2, 0.25) is 0 Å². The van der Waals surface area contributed by atoms with Gasteiger partial charge >= 0.3 is 0 Å². The Balaban J connectivity index is 2.47. The summed E-state index contributed by atoms with van der Waals surface area (Å²) in [6, 6.07) is 9.13. The maximum atomic E-state index is 12.6. The molecule has 5 heteroatoms. The van der Waals surface area contributed by atoms with Gasteiger partial charge in [0, 0.05) is 4.47 Å². The van der Waals surface area contributed by atoms with Crippen molar-refractivity contribution in [2.75, 3.05) is 4.72 Å². The van der Waals surface area contributed by atoms with Crippen LogP contribution in [-0.4, -0.2) is 8.42 Å². The Morgan fingerprint density at radius 2 is 1.48 bits per heavy atom. The second kappa shape index (κ2) is 5.81. The molecule has 0 aliphatic rings. The van der Waals surface area contributed by atoms with E-state index in [1.165, 1.54) is 0 Å². The first kappa shape index (κ1) is 16.0. The van der Waals surface area contributed by atoms with E-state index in [1.807, 2.05) is 39.8 Å². The number of nitrogens with one attached hydrogen (secondary N) is 1. The molecule has 112 valence electrons. The summed E-state index contributed by atoms with van der Waals surface area (Å²) in [6.45, 7) is 7.72. The molecule has 0 fully saturated rings. The van der Waals surface area contributed by atoms with Crippen LogP contribution >= 0.6 is 15.9 Å². The molecule has 0 aliphatic heterocycles. The molecule has 0 radical (unpaired) electrons. The van der Waals surface area contributed by atoms with E-state index in [1.54, 1.807) is 18.2 Å². The minimum Gasteiger partial charge on any atom is -0.279 e. The van der Waals surface area contributed by atoms with E-state index in [2.05, 4.69) is 20.7 Å². The predicted molar refractivity (Wildman–Crippen MR) is 90.3 cm³/mol. The first-order valence-corrected chi connectivity index (χ1v) is 8.85. The van der Waals surface area contributed by atoms with Crippen LogP contribution in [0, 0.1) is 27.7 Å². The molecule has 0 atom stereocenters. The molecule has 3 nitrogen and oxygen atoms in total. The highest BCUT2D eigenvalue weighted by Gasteiger charge is 2.19. The van der Waals surface area contributed by atoms with Gasteiger partial charge in [-0.15, -0.1) is 0 Å². The third-order valence-electron chi connectivity index (χ3n) is 3.29. The Bertz CT molecular complexity index is 775. The van der Waals surface area contributed by atoms with E-state index in [0.29, 0.717) is 10.2 Å². The Morgan fingerprint density at radius 3 is 2.00 bits per heavy atom. The molecule has 0 aliphatic carbocycles. The number of benzene rings is 2. The summed E-state index contributed by atoms with van der Waals surface area (Å²) in [7, 11) is -3.62. The first-order valence-electron chi connectivity index (χ1n) is 6.57. The summed E-state index contributed by atoms with van der Waals surface area (Å²) in [4.78, 5) is 0.243. The maximum absolute atomic E-state index is 12.6. The van der Waals surface area contributed by atoms with Crippen LogP contribution in [-0.2, 0) is 10.0 Å². The quantitative estimate of drug-likeness (QED) is 0.868. The number of rotatable bonds is 3. The maximum Gasteiger partial charge on any atom is 0.263 e. The van der Waals surface area contributed by atoms with E-state index in [-0.39, 0.29) is 4.90 Å². The largest absolute Gasteiger partial charge is 0.279 e. The van der Waals surface area contributed by atoms with Gasteiger partial charge < -0.3 is 0 Å². The van der Waals surface area contributed by atoms with Gasteiger partial charge in [-0.1, -0.05) is 23.8 Å². The van der Waals surface area contributed by atoms with E-state index in [9.17, 15) is 8.42 Å². The van der Waals surface area contributed by atoms with Gasteiger partial charge in [0.1, 0.15) is 4.90 Å². The van der Waals surface area contributed by atoms with Gasteiger partial charge in [-0.05, 0) is 72.4 Å². The molecule has 2 aromatic rings. The Kier molecular flexibility index (Phi) is 4.44. The average molecular weight is 368 g/mol. The fourth-order valence-corrected chi connectivity index (χ4v) is 4.75. The second-order valence-corrected chi connectivity index (χ2v) is 7.82. The monoisotopic (exact) mass is 367 g/mol. The lowest BCUT2D eigenvalue weighted by Gasteiger charge is -2.15. The van der Waals surface area contributed by atoms with Crippen molar-refractivity contribution >= 4 is 31.6 Å². The molecular formula is C16H18BrNO2S. The second-order valence-electron chi connectivity index (χ2n) is 5.31. The highest BCUT2D eigenvalue weighted by molar-refractivity contribution is 9.10. The van der Waals surface area contributed by atoms with Gasteiger partial charge in [-0.2, -0.15) is 0 Å². The molecular weight excluding hydrogens is 350 g/mol. The van der Waals surface area contributed by atoms with Crippen LogP contribution in [0.1, 0.15) is 22.3 Å². The Labute approximate surface area is 134 Å². The topological polar surface area (TPSA) is 46.2 Å². The zero-order valence-corrected chi connectivity index (χ0v) is 14.9. The van der Waals surface area contributed by atoms with Crippen molar-refractivity contribution in [3.63, 3.8) is 0 Å². The van der Waals surface area contributed by atoms with Gasteiger partial charge in [0.25, 0.3) is 10.0 Å². The molecule has 0 aromatic heterocycles. The minimum atomic E-state index is -3.62. The SMILES string of the molecule is Cc1cc(C)c(NS(=O)(=O)c2ccc(C)cc2Br)c(C)c1. The summed E-state index contributed by atoms with van der Waals surface area (Å²) < 4.78 is 28.4. The van der Waals surface area contributed by atoms with Crippen LogP contribution < -0.4 is 4.72 Å². The van der Waals surface area contributed by atoms with Crippen LogP contribution in [0.4, 0.5) is 5.69 Å². The Morgan fingerprint density at radius 1 is 0.905 bits per heavy atom. The van der Waals surface area contributed by atoms with Gasteiger partial charge in [0.15, 0.2) is 0 Å². The first-order chi connectivity index (χ1) is 9.70. The molecule has 0 bridgehead atoms. The fourth-order valence-electron chi connectivity index (χ4n) is 2.35. The van der Waals surface area contributed by atoms with E-state index in [0.717, 1.165) is 22.3 Å². The van der Waals surface area contributed by atoms with Crippen molar-refractivity contribution in [1.82, 2.24) is 0 Å². The smallest absolute Gasteiger partial charge is 0.263 e. The zero-order valence-electron chi connectivity index (χ0n) is 12.5. The predicted octanol–water partition coefficient (Wildman–Crippen LogP) is 4.48. The van der Waals surface area contributed by atoms with Crippen molar-refractivity contribution < 1.29 is 8.42 Å². The van der Waals surface area contributed by atoms with E-state index in [4.69, 9.17) is 0 Å². The van der Waals surface area contributed by atoms with Crippen molar-refractivity contribution in [2.24, 2.45) is 0 Å². The highest BCUT2D eigenvalue weighted by atomic mass is 79.9. The number of aryl methyl sites for hydroxylation is 4. The van der Waals surface area contributed by atoms with Crippen LogP contribution in [0.5, 0.6) is 0 Å². The minimum absolute atomic E-state index is 0.243.